The van der Waals surface area contributed by atoms with Crippen molar-refractivity contribution in [1.82, 2.24) is 0 Å². The SMILES string of the molecule is CCC=CC(=O)OC1CCC(c2ccc(OC(F)F)cc2)CC1. The van der Waals surface area contributed by atoms with Crippen LogP contribution in [0.4, 0.5) is 8.78 Å². The molecule has 5 heteroatoms. The third-order valence-corrected chi connectivity index (χ3v) is 4.02. The maximum Gasteiger partial charge on any atom is 0.387 e. The molecule has 126 valence electrons. The Morgan fingerprint density at radius 3 is 2.43 bits per heavy atom. The van der Waals surface area contributed by atoms with Gasteiger partial charge in [0.2, 0.25) is 0 Å². The highest BCUT2D eigenvalue weighted by Crippen LogP contribution is 2.34. The minimum atomic E-state index is -2.80. The van der Waals surface area contributed by atoms with Crippen LogP contribution in [-0.2, 0) is 9.53 Å². The molecule has 3 nitrogen and oxygen atoms in total. The first kappa shape index (κ1) is 17.4. The molecule has 0 atom stereocenters. The summed E-state index contributed by atoms with van der Waals surface area (Å²) in [5.41, 5.74) is 1.11. The van der Waals surface area contributed by atoms with Gasteiger partial charge in [0, 0.05) is 6.08 Å². The van der Waals surface area contributed by atoms with E-state index < -0.39 is 6.61 Å². The lowest BCUT2D eigenvalue weighted by molar-refractivity contribution is -0.144. The molecule has 1 aliphatic rings. The van der Waals surface area contributed by atoms with E-state index in [1.165, 1.54) is 6.08 Å². The van der Waals surface area contributed by atoms with Crippen molar-refractivity contribution < 1.29 is 23.0 Å². The fourth-order valence-electron chi connectivity index (χ4n) is 2.85. The standard InChI is InChI=1S/C18H22F2O3/c1-2-3-4-17(21)22-15-9-5-13(6-10-15)14-7-11-16(12-8-14)23-18(19)20/h3-4,7-8,11-13,15,18H,2,5-6,9-10H2,1H3. The molecule has 0 bridgehead atoms. The van der Waals surface area contributed by atoms with Crippen molar-refractivity contribution in [3.63, 3.8) is 0 Å². The van der Waals surface area contributed by atoms with Crippen molar-refractivity contribution in [2.24, 2.45) is 0 Å². The Morgan fingerprint density at radius 1 is 1.22 bits per heavy atom. The van der Waals surface area contributed by atoms with Gasteiger partial charge >= 0.3 is 12.6 Å². The first-order chi connectivity index (χ1) is 11.1. The third-order valence-electron chi connectivity index (χ3n) is 4.02. The predicted molar refractivity (Wildman–Crippen MR) is 83.6 cm³/mol. The highest BCUT2D eigenvalue weighted by atomic mass is 19.3. The zero-order valence-corrected chi connectivity index (χ0v) is 13.2. The normalized spacial score (nSPS) is 21.6. The molecule has 0 amide bonds. The number of allylic oxidation sites excluding steroid dienone is 1. The molecular formula is C18H22F2O3. The van der Waals surface area contributed by atoms with Crippen molar-refractivity contribution in [3.8, 4) is 5.75 Å². The van der Waals surface area contributed by atoms with Gasteiger partial charge in [-0.3, -0.25) is 0 Å². The van der Waals surface area contributed by atoms with Gasteiger partial charge in [0.1, 0.15) is 11.9 Å². The first-order valence-electron chi connectivity index (χ1n) is 8.00. The molecule has 1 saturated carbocycles. The van der Waals surface area contributed by atoms with Crippen LogP contribution in [0.5, 0.6) is 5.75 Å². The van der Waals surface area contributed by atoms with Gasteiger partial charge in [-0.2, -0.15) is 8.78 Å². The predicted octanol–water partition coefficient (Wildman–Crippen LogP) is 4.82. The summed E-state index contributed by atoms with van der Waals surface area (Å²) in [6, 6.07) is 6.81. The molecule has 1 aliphatic carbocycles. The number of esters is 1. The summed E-state index contributed by atoms with van der Waals surface area (Å²) in [7, 11) is 0. The van der Waals surface area contributed by atoms with Gasteiger partial charge in [-0.25, -0.2) is 4.79 Å². The highest BCUT2D eigenvalue weighted by Gasteiger charge is 2.24. The van der Waals surface area contributed by atoms with Crippen LogP contribution in [0.2, 0.25) is 0 Å². The van der Waals surface area contributed by atoms with E-state index in [-0.39, 0.29) is 17.8 Å². The second-order valence-electron chi connectivity index (χ2n) is 5.67. The molecule has 1 aromatic carbocycles. The van der Waals surface area contributed by atoms with Crippen molar-refractivity contribution >= 4 is 5.97 Å². The van der Waals surface area contributed by atoms with Crippen LogP contribution in [0.3, 0.4) is 0 Å². The van der Waals surface area contributed by atoms with Gasteiger partial charge in [0.05, 0.1) is 0 Å². The number of carbonyl (C=O) groups excluding carboxylic acids is 1. The monoisotopic (exact) mass is 324 g/mol. The van der Waals surface area contributed by atoms with Gasteiger partial charge < -0.3 is 9.47 Å². The van der Waals surface area contributed by atoms with Crippen LogP contribution in [0.1, 0.15) is 50.5 Å². The lowest BCUT2D eigenvalue weighted by atomic mass is 9.83. The zero-order chi connectivity index (χ0) is 16.7. The van der Waals surface area contributed by atoms with Crippen LogP contribution in [0, 0.1) is 0 Å². The Hall–Kier alpha value is -1.91. The number of alkyl halides is 2. The molecule has 2 rings (SSSR count). The fourth-order valence-corrected chi connectivity index (χ4v) is 2.85. The minimum absolute atomic E-state index is 0.0262. The number of hydrogen-bond donors (Lipinski definition) is 0. The summed E-state index contributed by atoms with van der Waals surface area (Å²) in [5.74, 6) is 0.273. The Labute approximate surface area is 135 Å². The molecule has 1 aromatic rings. The van der Waals surface area contributed by atoms with Crippen molar-refractivity contribution in [2.75, 3.05) is 0 Å². The van der Waals surface area contributed by atoms with Crippen LogP contribution >= 0.6 is 0 Å². The van der Waals surface area contributed by atoms with Gasteiger partial charge in [-0.05, 0) is 55.7 Å². The number of benzene rings is 1. The van der Waals surface area contributed by atoms with E-state index in [0.29, 0.717) is 5.92 Å². The molecule has 0 N–H and O–H groups in total. The van der Waals surface area contributed by atoms with E-state index in [4.69, 9.17) is 4.74 Å². The van der Waals surface area contributed by atoms with Gasteiger partial charge in [-0.1, -0.05) is 25.1 Å². The van der Waals surface area contributed by atoms with Crippen LogP contribution < -0.4 is 4.74 Å². The van der Waals surface area contributed by atoms with E-state index >= 15 is 0 Å². The Balaban J connectivity index is 1.82. The Morgan fingerprint density at radius 2 is 1.87 bits per heavy atom. The Kier molecular flexibility index (Phi) is 6.56. The van der Waals surface area contributed by atoms with Crippen molar-refractivity contribution in [1.29, 1.82) is 0 Å². The average molecular weight is 324 g/mol. The quantitative estimate of drug-likeness (QED) is 0.556. The summed E-state index contributed by atoms with van der Waals surface area (Å²) in [6.45, 7) is -0.834. The van der Waals surface area contributed by atoms with E-state index in [1.54, 1.807) is 18.2 Å². The van der Waals surface area contributed by atoms with E-state index in [2.05, 4.69) is 4.74 Å². The third kappa shape index (κ3) is 5.66. The van der Waals surface area contributed by atoms with Gasteiger partial charge in [0.25, 0.3) is 0 Å². The molecule has 0 unspecified atom stereocenters. The largest absolute Gasteiger partial charge is 0.459 e. The lowest BCUT2D eigenvalue weighted by Gasteiger charge is -2.28. The zero-order valence-electron chi connectivity index (χ0n) is 13.2. The molecule has 0 aliphatic heterocycles. The maximum atomic E-state index is 12.1. The van der Waals surface area contributed by atoms with E-state index in [0.717, 1.165) is 37.7 Å². The molecule has 0 spiro atoms. The first-order valence-corrected chi connectivity index (χ1v) is 8.00. The molecule has 0 radical (unpaired) electrons. The Bertz CT molecular complexity index is 518. The molecule has 1 fully saturated rings. The lowest BCUT2D eigenvalue weighted by Crippen LogP contribution is -2.23. The summed E-state index contributed by atoms with van der Waals surface area (Å²) in [5, 5.41) is 0. The summed E-state index contributed by atoms with van der Waals surface area (Å²) < 4.78 is 34.0. The molecule has 0 aromatic heterocycles. The van der Waals surface area contributed by atoms with Crippen LogP contribution in [0.25, 0.3) is 0 Å². The number of rotatable bonds is 6. The molecule has 0 saturated heterocycles. The molecule has 23 heavy (non-hydrogen) atoms. The minimum Gasteiger partial charge on any atom is -0.459 e. The number of carbonyl (C=O) groups is 1. The second kappa shape index (κ2) is 8.65. The number of hydrogen-bond acceptors (Lipinski definition) is 3. The number of halogens is 2. The van der Waals surface area contributed by atoms with Crippen molar-refractivity contribution in [3.05, 3.63) is 42.0 Å². The fraction of sp³-hybridized carbons (Fsp3) is 0.500. The smallest absolute Gasteiger partial charge is 0.387 e. The second-order valence-corrected chi connectivity index (χ2v) is 5.67. The van der Waals surface area contributed by atoms with E-state index in [9.17, 15) is 13.6 Å². The number of ether oxygens (including phenoxy) is 2. The highest BCUT2D eigenvalue weighted by molar-refractivity contribution is 5.82. The average Bonchev–Trinajstić information content (AvgIpc) is 2.54. The maximum absolute atomic E-state index is 12.1. The van der Waals surface area contributed by atoms with Crippen LogP contribution in [-0.4, -0.2) is 18.7 Å². The molecular weight excluding hydrogens is 302 g/mol. The summed E-state index contributed by atoms with van der Waals surface area (Å²) in [6.07, 6.45) is 7.55. The molecule has 0 heterocycles. The van der Waals surface area contributed by atoms with Gasteiger partial charge in [0.15, 0.2) is 0 Å². The van der Waals surface area contributed by atoms with Crippen LogP contribution in [0.15, 0.2) is 36.4 Å². The van der Waals surface area contributed by atoms with Gasteiger partial charge in [-0.15, -0.1) is 0 Å². The topological polar surface area (TPSA) is 35.5 Å². The summed E-state index contributed by atoms with van der Waals surface area (Å²) in [4.78, 5) is 11.6. The summed E-state index contributed by atoms with van der Waals surface area (Å²) >= 11 is 0. The van der Waals surface area contributed by atoms with E-state index in [1.807, 2.05) is 19.1 Å². The van der Waals surface area contributed by atoms with Crippen molar-refractivity contribution in [2.45, 2.75) is 57.7 Å².